The van der Waals surface area contributed by atoms with E-state index in [1.807, 2.05) is 60.7 Å². The van der Waals surface area contributed by atoms with Crippen LogP contribution >= 0.6 is 0 Å². The van der Waals surface area contributed by atoms with Gasteiger partial charge >= 0.3 is 5.97 Å². The summed E-state index contributed by atoms with van der Waals surface area (Å²) in [6, 6.07) is 26.2. The average molecular weight is 389 g/mol. The molecular formula is C24H23NO4. The summed E-state index contributed by atoms with van der Waals surface area (Å²) >= 11 is 0. The standard InChI is InChI=1S/C24H23NO4/c1-18(29-23(26)16-19-8-4-2-5-9-19)24(27)25-21-12-14-22(15-13-21)28-17-20-10-6-3-7-11-20/h2-15,18H,16-17H2,1H3,(H,25,27)/t18-/m0/s1. The summed E-state index contributed by atoms with van der Waals surface area (Å²) in [5.41, 5.74) is 2.53. The molecule has 0 saturated carbocycles. The molecule has 0 unspecified atom stereocenters. The van der Waals surface area contributed by atoms with Crippen LogP contribution < -0.4 is 10.1 Å². The molecule has 0 aliphatic heterocycles. The van der Waals surface area contributed by atoms with Gasteiger partial charge in [0.05, 0.1) is 6.42 Å². The number of amides is 1. The number of ether oxygens (including phenoxy) is 2. The Hall–Kier alpha value is -3.60. The summed E-state index contributed by atoms with van der Waals surface area (Å²) < 4.78 is 11.0. The van der Waals surface area contributed by atoms with Crippen LogP contribution in [-0.2, 0) is 27.4 Å². The maximum absolute atomic E-state index is 12.3. The van der Waals surface area contributed by atoms with Gasteiger partial charge in [-0.15, -0.1) is 0 Å². The monoisotopic (exact) mass is 389 g/mol. The van der Waals surface area contributed by atoms with Gasteiger partial charge in [0.15, 0.2) is 6.10 Å². The molecule has 1 N–H and O–H groups in total. The van der Waals surface area contributed by atoms with Crippen LogP contribution in [0.25, 0.3) is 0 Å². The van der Waals surface area contributed by atoms with E-state index < -0.39 is 12.1 Å². The predicted molar refractivity (Wildman–Crippen MR) is 112 cm³/mol. The highest BCUT2D eigenvalue weighted by Gasteiger charge is 2.18. The van der Waals surface area contributed by atoms with Crippen LogP contribution in [0.2, 0.25) is 0 Å². The van der Waals surface area contributed by atoms with Gasteiger partial charge in [0, 0.05) is 5.69 Å². The van der Waals surface area contributed by atoms with E-state index in [2.05, 4.69) is 5.32 Å². The molecule has 0 aromatic heterocycles. The molecule has 0 saturated heterocycles. The van der Waals surface area contributed by atoms with Gasteiger partial charge in [-0.3, -0.25) is 9.59 Å². The van der Waals surface area contributed by atoms with Crippen LogP contribution in [0.4, 0.5) is 5.69 Å². The zero-order valence-corrected chi connectivity index (χ0v) is 16.2. The second kappa shape index (κ2) is 10.1. The summed E-state index contributed by atoms with van der Waals surface area (Å²) in [6.07, 6.45) is -0.758. The fraction of sp³-hybridized carbons (Fsp3) is 0.167. The van der Waals surface area contributed by atoms with Gasteiger partial charge < -0.3 is 14.8 Å². The van der Waals surface area contributed by atoms with Crippen LogP contribution in [0.5, 0.6) is 5.75 Å². The Balaban J connectivity index is 1.46. The molecular weight excluding hydrogens is 366 g/mol. The van der Waals surface area contributed by atoms with Crippen LogP contribution in [-0.4, -0.2) is 18.0 Å². The van der Waals surface area contributed by atoms with Crippen molar-refractivity contribution in [2.24, 2.45) is 0 Å². The van der Waals surface area contributed by atoms with E-state index in [-0.39, 0.29) is 12.3 Å². The van der Waals surface area contributed by atoms with Crippen molar-refractivity contribution in [3.8, 4) is 5.75 Å². The van der Waals surface area contributed by atoms with Gasteiger partial charge in [0.25, 0.3) is 5.91 Å². The first-order chi connectivity index (χ1) is 14.1. The smallest absolute Gasteiger partial charge is 0.311 e. The first kappa shape index (κ1) is 20.1. The first-order valence-electron chi connectivity index (χ1n) is 9.41. The van der Waals surface area contributed by atoms with E-state index in [0.717, 1.165) is 11.1 Å². The van der Waals surface area contributed by atoms with Crippen molar-refractivity contribution < 1.29 is 19.1 Å². The lowest BCUT2D eigenvalue weighted by Crippen LogP contribution is -2.30. The number of carbonyl (C=O) groups excluding carboxylic acids is 2. The van der Waals surface area contributed by atoms with Crippen molar-refractivity contribution >= 4 is 17.6 Å². The molecule has 0 radical (unpaired) electrons. The maximum Gasteiger partial charge on any atom is 0.311 e. The number of carbonyl (C=O) groups is 2. The number of anilines is 1. The average Bonchev–Trinajstić information content (AvgIpc) is 2.74. The molecule has 1 atom stereocenters. The van der Waals surface area contributed by atoms with Gasteiger partial charge in [-0.1, -0.05) is 60.7 Å². The molecule has 0 aliphatic rings. The van der Waals surface area contributed by atoms with E-state index in [9.17, 15) is 9.59 Å². The number of benzene rings is 3. The zero-order chi connectivity index (χ0) is 20.5. The lowest BCUT2D eigenvalue weighted by Gasteiger charge is -2.14. The molecule has 5 heteroatoms. The molecule has 3 aromatic carbocycles. The third kappa shape index (κ3) is 6.50. The molecule has 148 valence electrons. The lowest BCUT2D eigenvalue weighted by molar-refractivity contribution is -0.152. The molecule has 3 rings (SSSR count). The highest BCUT2D eigenvalue weighted by molar-refractivity contribution is 5.95. The highest BCUT2D eigenvalue weighted by atomic mass is 16.5. The van der Waals surface area contributed by atoms with Crippen molar-refractivity contribution in [1.82, 2.24) is 0 Å². The quantitative estimate of drug-likeness (QED) is 0.581. The van der Waals surface area contributed by atoms with Crippen LogP contribution in [0.3, 0.4) is 0 Å². The molecule has 0 spiro atoms. The summed E-state index contributed by atoms with van der Waals surface area (Å²) in [7, 11) is 0. The van der Waals surface area contributed by atoms with Crippen LogP contribution in [0, 0.1) is 0 Å². The van der Waals surface area contributed by atoms with Gasteiger partial charge in [-0.05, 0) is 42.3 Å². The van der Waals surface area contributed by atoms with Gasteiger partial charge in [-0.2, -0.15) is 0 Å². The van der Waals surface area contributed by atoms with Crippen molar-refractivity contribution in [2.45, 2.75) is 26.1 Å². The summed E-state index contributed by atoms with van der Waals surface area (Å²) in [5.74, 6) is -0.123. The number of nitrogens with one attached hydrogen (secondary N) is 1. The van der Waals surface area contributed by atoms with E-state index in [0.29, 0.717) is 18.0 Å². The Kier molecular flexibility index (Phi) is 7.00. The maximum atomic E-state index is 12.3. The Morgan fingerprint density at radius 1 is 0.828 bits per heavy atom. The Labute approximate surface area is 170 Å². The Bertz CT molecular complexity index is 924. The van der Waals surface area contributed by atoms with E-state index in [4.69, 9.17) is 9.47 Å². The molecule has 3 aromatic rings. The van der Waals surface area contributed by atoms with Gasteiger partial charge in [0.1, 0.15) is 12.4 Å². The second-order valence-electron chi connectivity index (χ2n) is 6.58. The molecule has 0 fully saturated rings. The minimum atomic E-state index is -0.889. The lowest BCUT2D eigenvalue weighted by atomic mass is 10.1. The van der Waals surface area contributed by atoms with Gasteiger partial charge in [0.2, 0.25) is 0 Å². The van der Waals surface area contributed by atoms with Crippen LogP contribution in [0.1, 0.15) is 18.1 Å². The predicted octanol–water partition coefficient (Wildman–Crippen LogP) is 4.38. The number of hydrogen-bond donors (Lipinski definition) is 1. The highest BCUT2D eigenvalue weighted by Crippen LogP contribution is 2.17. The summed E-state index contributed by atoms with van der Waals surface area (Å²) in [5, 5.41) is 2.74. The number of esters is 1. The number of hydrogen-bond acceptors (Lipinski definition) is 4. The normalized spacial score (nSPS) is 11.3. The minimum Gasteiger partial charge on any atom is -0.489 e. The Morgan fingerprint density at radius 3 is 2.03 bits per heavy atom. The largest absolute Gasteiger partial charge is 0.489 e. The summed E-state index contributed by atoms with van der Waals surface area (Å²) in [6.45, 7) is 2.02. The van der Waals surface area contributed by atoms with Gasteiger partial charge in [-0.25, -0.2) is 0 Å². The fourth-order valence-corrected chi connectivity index (χ4v) is 2.67. The fourth-order valence-electron chi connectivity index (χ4n) is 2.67. The molecule has 0 aliphatic carbocycles. The van der Waals surface area contributed by atoms with Crippen LogP contribution in [0.15, 0.2) is 84.9 Å². The zero-order valence-electron chi connectivity index (χ0n) is 16.2. The molecule has 1 amide bonds. The van der Waals surface area contributed by atoms with Crippen molar-refractivity contribution in [3.05, 3.63) is 96.1 Å². The topological polar surface area (TPSA) is 64.6 Å². The van der Waals surface area contributed by atoms with E-state index >= 15 is 0 Å². The van der Waals surface area contributed by atoms with E-state index in [1.54, 1.807) is 31.2 Å². The number of rotatable bonds is 8. The first-order valence-corrected chi connectivity index (χ1v) is 9.41. The molecule has 5 nitrogen and oxygen atoms in total. The Morgan fingerprint density at radius 2 is 1.41 bits per heavy atom. The summed E-state index contributed by atoms with van der Waals surface area (Å²) in [4.78, 5) is 24.3. The molecule has 0 bridgehead atoms. The second-order valence-corrected chi connectivity index (χ2v) is 6.58. The van der Waals surface area contributed by atoms with E-state index in [1.165, 1.54) is 0 Å². The third-order valence-corrected chi connectivity index (χ3v) is 4.24. The third-order valence-electron chi connectivity index (χ3n) is 4.24. The van der Waals surface area contributed by atoms with Crippen molar-refractivity contribution in [1.29, 1.82) is 0 Å². The SMILES string of the molecule is C[C@H](OC(=O)Cc1ccccc1)C(=O)Nc1ccc(OCc2ccccc2)cc1. The minimum absolute atomic E-state index is 0.131. The van der Waals surface area contributed by atoms with Crippen molar-refractivity contribution in [2.75, 3.05) is 5.32 Å². The molecule has 29 heavy (non-hydrogen) atoms. The van der Waals surface area contributed by atoms with Crippen molar-refractivity contribution in [3.63, 3.8) is 0 Å². The molecule has 0 heterocycles.